The van der Waals surface area contributed by atoms with Crippen molar-refractivity contribution in [3.05, 3.63) is 0 Å². The number of carbonyl (C=O) groups excluding carboxylic acids is 1. The van der Waals surface area contributed by atoms with Gasteiger partial charge in [-0.3, -0.25) is 0 Å². The minimum atomic E-state index is -1.02. The van der Waals surface area contributed by atoms with Crippen LogP contribution < -0.4 is 5.32 Å². The first kappa shape index (κ1) is 16.7. The Kier molecular flexibility index (Phi) is 8.11. The Morgan fingerprint density at radius 2 is 1.94 bits per heavy atom. The van der Waals surface area contributed by atoms with E-state index in [1.54, 1.807) is 6.92 Å². The highest BCUT2D eigenvalue weighted by Gasteiger charge is 2.26. The number of hydrogen-bond acceptors (Lipinski definition) is 3. The van der Waals surface area contributed by atoms with Crippen LogP contribution >= 0.6 is 0 Å². The molecule has 0 spiro atoms. The monoisotopic (exact) mass is 260 g/mol. The largest absolute Gasteiger partial charge is 0.480 e. The first-order valence-corrected chi connectivity index (χ1v) is 6.36. The Morgan fingerprint density at radius 3 is 2.33 bits per heavy atom. The van der Waals surface area contributed by atoms with E-state index in [-0.39, 0.29) is 12.5 Å². The van der Waals surface area contributed by atoms with E-state index in [0.29, 0.717) is 25.9 Å². The molecule has 0 rings (SSSR count). The lowest BCUT2D eigenvalue weighted by molar-refractivity contribution is -0.140. The lowest BCUT2D eigenvalue weighted by Gasteiger charge is -2.26. The molecule has 2 atom stereocenters. The maximum absolute atomic E-state index is 11.9. The number of aliphatic hydroxyl groups is 1. The number of hydrogen-bond donors (Lipinski definition) is 3. The fraction of sp³-hybridized carbons (Fsp3) is 0.833. The van der Waals surface area contributed by atoms with Crippen LogP contribution in [0.2, 0.25) is 0 Å². The number of aliphatic carboxylic acids is 1. The molecule has 1 unspecified atom stereocenters. The molecule has 0 aromatic heterocycles. The fourth-order valence-electron chi connectivity index (χ4n) is 1.57. The van der Waals surface area contributed by atoms with Gasteiger partial charge in [0.2, 0.25) is 0 Å². The van der Waals surface area contributed by atoms with Crippen molar-refractivity contribution in [3.8, 4) is 0 Å². The van der Waals surface area contributed by atoms with Gasteiger partial charge in [0, 0.05) is 19.7 Å². The average Bonchev–Trinajstić information content (AvgIpc) is 2.35. The number of carboxylic acid groups (broad SMARTS) is 1. The summed E-state index contributed by atoms with van der Waals surface area (Å²) in [4.78, 5) is 24.5. The maximum atomic E-state index is 11.9. The number of nitrogens with one attached hydrogen (secondary N) is 1. The Hall–Kier alpha value is -1.30. The van der Waals surface area contributed by atoms with Crippen LogP contribution in [0.1, 0.15) is 33.6 Å². The summed E-state index contributed by atoms with van der Waals surface area (Å²) < 4.78 is 0. The predicted molar refractivity (Wildman–Crippen MR) is 68.4 cm³/mol. The molecule has 0 saturated heterocycles. The molecule has 6 heteroatoms. The molecule has 0 aliphatic carbocycles. The number of urea groups is 1. The fourth-order valence-corrected chi connectivity index (χ4v) is 1.57. The molecule has 0 bridgehead atoms. The summed E-state index contributed by atoms with van der Waals surface area (Å²) in [6, 6.07) is -1.26. The van der Waals surface area contributed by atoms with Crippen molar-refractivity contribution < 1.29 is 19.8 Å². The van der Waals surface area contributed by atoms with Gasteiger partial charge in [-0.2, -0.15) is 0 Å². The highest BCUT2D eigenvalue weighted by atomic mass is 16.4. The molecule has 2 amide bonds. The first-order valence-electron chi connectivity index (χ1n) is 6.36. The van der Waals surface area contributed by atoms with Crippen LogP contribution in [0.4, 0.5) is 4.79 Å². The van der Waals surface area contributed by atoms with Crippen molar-refractivity contribution in [1.82, 2.24) is 10.2 Å². The van der Waals surface area contributed by atoms with Crippen LogP contribution in [0.3, 0.4) is 0 Å². The summed E-state index contributed by atoms with van der Waals surface area (Å²) in [5.74, 6) is -1.14. The molecule has 18 heavy (non-hydrogen) atoms. The van der Waals surface area contributed by atoms with E-state index in [1.165, 1.54) is 4.90 Å². The Labute approximate surface area is 108 Å². The summed E-state index contributed by atoms with van der Waals surface area (Å²) in [6.07, 6.45) is 1.17. The van der Waals surface area contributed by atoms with Crippen molar-refractivity contribution in [2.24, 2.45) is 5.92 Å². The van der Waals surface area contributed by atoms with Crippen molar-refractivity contribution >= 4 is 12.0 Å². The van der Waals surface area contributed by atoms with E-state index in [2.05, 4.69) is 5.32 Å². The zero-order valence-electron chi connectivity index (χ0n) is 11.3. The van der Waals surface area contributed by atoms with Crippen LogP contribution in [-0.4, -0.2) is 52.9 Å². The standard InChI is InChI=1S/C12H24N2O4/c1-4-9(3)10(11(16)17)13-12(18)14(5-2)7-6-8-15/h9-10,15H,4-8H2,1-3H3,(H,13,18)(H,16,17)/t9?,10-/m0/s1. The molecule has 0 aliphatic heterocycles. The molecule has 0 aliphatic rings. The predicted octanol–water partition coefficient (Wildman–Crippen LogP) is 0.900. The molecular weight excluding hydrogens is 236 g/mol. The van der Waals surface area contributed by atoms with E-state index in [9.17, 15) is 9.59 Å². The quantitative estimate of drug-likeness (QED) is 0.605. The van der Waals surface area contributed by atoms with E-state index in [1.807, 2.05) is 13.8 Å². The van der Waals surface area contributed by atoms with E-state index >= 15 is 0 Å². The summed E-state index contributed by atoms with van der Waals surface area (Å²) in [7, 11) is 0. The summed E-state index contributed by atoms with van der Waals surface area (Å²) in [6.45, 7) is 6.41. The maximum Gasteiger partial charge on any atom is 0.326 e. The summed E-state index contributed by atoms with van der Waals surface area (Å²) in [5, 5.41) is 20.4. The number of rotatable bonds is 8. The Morgan fingerprint density at radius 1 is 1.33 bits per heavy atom. The molecule has 106 valence electrons. The molecule has 0 aromatic rings. The van der Waals surface area contributed by atoms with E-state index < -0.39 is 18.0 Å². The van der Waals surface area contributed by atoms with Gasteiger partial charge in [-0.1, -0.05) is 20.3 Å². The molecule has 0 fully saturated rings. The van der Waals surface area contributed by atoms with Crippen LogP contribution in [-0.2, 0) is 4.79 Å². The minimum Gasteiger partial charge on any atom is -0.480 e. The molecule has 0 aromatic carbocycles. The number of carbonyl (C=O) groups is 2. The van der Waals surface area contributed by atoms with Gasteiger partial charge in [0.25, 0.3) is 0 Å². The lowest BCUT2D eigenvalue weighted by atomic mass is 9.99. The second kappa shape index (κ2) is 8.74. The molecule has 3 N–H and O–H groups in total. The molecule has 0 radical (unpaired) electrons. The van der Waals surface area contributed by atoms with Crippen molar-refractivity contribution in [2.45, 2.75) is 39.7 Å². The van der Waals surface area contributed by atoms with E-state index in [0.717, 1.165) is 0 Å². The summed E-state index contributed by atoms with van der Waals surface area (Å²) >= 11 is 0. The van der Waals surface area contributed by atoms with Crippen LogP contribution in [0.25, 0.3) is 0 Å². The summed E-state index contributed by atoms with van der Waals surface area (Å²) in [5.41, 5.74) is 0. The van der Waals surface area contributed by atoms with Crippen LogP contribution in [0.15, 0.2) is 0 Å². The second-order valence-electron chi connectivity index (χ2n) is 4.31. The van der Waals surface area contributed by atoms with Gasteiger partial charge in [0.05, 0.1) is 0 Å². The third kappa shape index (κ3) is 5.35. The normalized spacial score (nSPS) is 13.8. The number of nitrogens with zero attached hydrogens (tertiary/aromatic N) is 1. The lowest BCUT2D eigenvalue weighted by Crippen LogP contribution is -2.50. The molecule has 0 heterocycles. The van der Waals surface area contributed by atoms with Crippen molar-refractivity contribution in [3.63, 3.8) is 0 Å². The van der Waals surface area contributed by atoms with Gasteiger partial charge in [0.15, 0.2) is 0 Å². The molecular formula is C12H24N2O4. The smallest absolute Gasteiger partial charge is 0.326 e. The molecule has 6 nitrogen and oxygen atoms in total. The third-order valence-corrected chi connectivity index (χ3v) is 3.01. The van der Waals surface area contributed by atoms with Gasteiger partial charge >= 0.3 is 12.0 Å². The van der Waals surface area contributed by atoms with Gasteiger partial charge < -0.3 is 20.4 Å². The Balaban J connectivity index is 4.51. The van der Waals surface area contributed by atoms with Crippen molar-refractivity contribution in [2.75, 3.05) is 19.7 Å². The molecule has 0 saturated carbocycles. The van der Waals surface area contributed by atoms with Gasteiger partial charge in [-0.15, -0.1) is 0 Å². The SMILES string of the molecule is CCC(C)[C@H](NC(=O)N(CC)CCCO)C(=O)O. The Bertz CT molecular complexity index is 271. The number of aliphatic hydroxyl groups excluding tert-OH is 1. The second-order valence-corrected chi connectivity index (χ2v) is 4.31. The van der Waals surface area contributed by atoms with E-state index in [4.69, 9.17) is 10.2 Å². The van der Waals surface area contributed by atoms with Crippen LogP contribution in [0, 0.1) is 5.92 Å². The topological polar surface area (TPSA) is 89.9 Å². The highest BCUT2D eigenvalue weighted by molar-refractivity contribution is 5.82. The zero-order chi connectivity index (χ0) is 14.1. The highest BCUT2D eigenvalue weighted by Crippen LogP contribution is 2.08. The average molecular weight is 260 g/mol. The third-order valence-electron chi connectivity index (χ3n) is 3.01. The minimum absolute atomic E-state index is 0.0114. The van der Waals surface area contributed by atoms with Gasteiger partial charge in [-0.05, 0) is 19.3 Å². The number of amides is 2. The van der Waals surface area contributed by atoms with Crippen LogP contribution in [0.5, 0.6) is 0 Å². The van der Waals surface area contributed by atoms with Gasteiger partial charge in [-0.25, -0.2) is 9.59 Å². The zero-order valence-corrected chi connectivity index (χ0v) is 11.3. The number of carboxylic acids is 1. The van der Waals surface area contributed by atoms with Gasteiger partial charge in [0.1, 0.15) is 6.04 Å². The van der Waals surface area contributed by atoms with Crippen molar-refractivity contribution in [1.29, 1.82) is 0 Å². The first-order chi connectivity index (χ1) is 8.47.